The maximum Gasteiger partial charge on any atom is 0.0802 e. The highest BCUT2D eigenvalue weighted by molar-refractivity contribution is 5.22. The highest BCUT2D eigenvalue weighted by Gasteiger charge is 2.09. The molecule has 1 aromatic rings. The van der Waals surface area contributed by atoms with Gasteiger partial charge in [-0.25, -0.2) is 0 Å². The summed E-state index contributed by atoms with van der Waals surface area (Å²) in [5, 5.41) is 19.2. The molecule has 2 unspecified atom stereocenters. The van der Waals surface area contributed by atoms with Gasteiger partial charge in [-0.05, 0) is 32.9 Å². The number of rotatable bonds is 6. The Labute approximate surface area is 104 Å². The second kappa shape index (κ2) is 6.74. The van der Waals surface area contributed by atoms with Crippen LogP contribution in [0.4, 0.5) is 0 Å². The molecule has 2 atom stereocenters. The normalized spacial score (nSPS) is 14.9. The lowest BCUT2D eigenvalue weighted by atomic mass is 10.0. The Morgan fingerprint density at radius 1 is 1.18 bits per heavy atom. The molecule has 1 rings (SSSR count). The highest BCUT2D eigenvalue weighted by Crippen LogP contribution is 2.17. The van der Waals surface area contributed by atoms with Crippen LogP contribution < -0.4 is 0 Å². The van der Waals surface area contributed by atoms with E-state index < -0.39 is 6.10 Å². The molecule has 0 aromatic heterocycles. The van der Waals surface area contributed by atoms with E-state index in [1.54, 1.807) is 6.92 Å². The van der Waals surface area contributed by atoms with Crippen LogP contribution in [0.25, 0.3) is 0 Å². The minimum Gasteiger partial charge on any atom is -0.392 e. The SMILES string of the molecule is Cc1ccc(C(O)CCN(C)CC(C)O)cc1. The number of likely N-dealkylation sites (N-methyl/N-ethyl adjacent to an activating group) is 1. The van der Waals surface area contributed by atoms with Gasteiger partial charge in [0.05, 0.1) is 12.2 Å². The van der Waals surface area contributed by atoms with E-state index in [1.165, 1.54) is 5.56 Å². The third kappa shape index (κ3) is 5.31. The lowest BCUT2D eigenvalue weighted by molar-refractivity contribution is 0.116. The van der Waals surface area contributed by atoms with Crippen LogP contribution in [0.3, 0.4) is 0 Å². The first-order valence-corrected chi connectivity index (χ1v) is 6.10. The van der Waals surface area contributed by atoms with Gasteiger partial charge in [-0.15, -0.1) is 0 Å². The number of hydrogen-bond donors (Lipinski definition) is 2. The van der Waals surface area contributed by atoms with Gasteiger partial charge in [0.15, 0.2) is 0 Å². The van der Waals surface area contributed by atoms with Crippen molar-refractivity contribution >= 4 is 0 Å². The minimum atomic E-state index is -0.424. The summed E-state index contributed by atoms with van der Waals surface area (Å²) in [4.78, 5) is 2.03. The fourth-order valence-corrected chi connectivity index (χ4v) is 1.84. The first kappa shape index (κ1) is 14.2. The maximum absolute atomic E-state index is 10.0. The Bertz CT molecular complexity index is 321. The van der Waals surface area contributed by atoms with Gasteiger partial charge in [0.25, 0.3) is 0 Å². The molecule has 0 aliphatic rings. The molecule has 0 aliphatic heterocycles. The summed E-state index contributed by atoms with van der Waals surface area (Å²) in [7, 11) is 1.95. The Balaban J connectivity index is 2.39. The average molecular weight is 237 g/mol. The predicted molar refractivity (Wildman–Crippen MR) is 69.9 cm³/mol. The summed E-state index contributed by atoms with van der Waals surface area (Å²) in [6.07, 6.45) is -0.0599. The summed E-state index contributed by atoms with van der Waals surface area (Å²) in [6.45, 7) is 5.22. The minimum absolute atomic E-state index is 0.323. The summed E-state index contributed by atoms with van der Waals surface area (Å²) in [5.74, 6) is 0. The van der Waals surface area contributed by atoms with Crippen molar-refractivity contribution < 1.29 is 10.2 Å². The van der Waals surface area contributed by atoms with Crippen LogP contribution in [0, 0.1) is 6.92 Å². The van der Waals surface area contributed by atoms with Crippen molar-refractivity contribution in [3.05, 3.63) is 35.4 Å². The maximum atomic E-state index is 10.0. The van der Waals surface area contributed by atoms with Crippen LogP contribution in [0.1, 0.15) is 30.6 Å². The number of aryl methyl sites for hydroxylation is 1. The van der Waals surface area contributed by atoms with Crippen LogP contribution in [-0.2, 0) is 0 Å². The van der Waals surface area contributed by atoms with Crippen molar-refractivity contribution in [3.8, 4) is 0 Å². The van der Waals surface area contributed by atoms with Gasteiger partial charge in [-0.3, -0.25) is 0 Å². The molecule has 1 aromatic carbocycles. The van der Waals surface area contributed by atoms with Crippen molar-refractivity contribution in [2.24, 2.45) is 0 Å². The molecule has 2 N–H and O–H groups in total. The van der Waals surface area contributed by atoms with Crippen molar-refractivity contribution in [1.82, 2.24) is 4.90 Å². The fourth-order valence-electron chi connectivity index (χ4n) is 1.84. The van der Waals surface area contributed by atoms with Crippen LogP contribution in [0.15, 0.2) is 24.3 Å². The monoisotopic (exact) mass is 237 g/mol. The van der Waals surface area contributed by atoms with Gasteiger partial charge in [0.1, 0.15) is 0 Å². The van der Waals surface area contributed by atoms with E-state index in [0.29, 0.717) is 13.0 Å². The van der Waals surface area contributed by atoms with Crippen LogP contribution >= 0.6 is 0 Å². The molecular formula is C14H23NO2. The summed E-state index contributed by atoms with van der Waals surface area (Å²) >= 11 is 0. The summed E-state index contributed by atoms with van der Waals surface area (Å²) in [5.41, 5.74) is 2.16. The molecule has 0 amide bonds. The summed E-state index contributed by atoms with van der Waals surface area (Å²) in [6, 6.07) is 7.96. The first-order valence-electron chi connectivity index (χ1n) is 6.10. The Morgan fingerprint density at radius 2 is 1.76 bits per heavy atom. The quantitative estimate of drug-likeness (QED) is 0.792. The molecule has 0 spiro atoms. The van der Waals surface area contributed by atoms with Crippen LogP contribution in [-0.4, -0.2) is 41.4 Å². The molecule has 17 heavy (non-hydrogen) atoms. The van der Waals surface area contributed by atoms with E-state index >= 15 is 0 Å². The number of benzene rings is 1. The molecule has 0 heterocycles. The lowest BCUT2D eigenvalue weighted by Crippen LogP contribution is -2.28. The highest BCUT2D eigenvalue weighted by atomic mass is 16.3. The number of aliphatic hydroxyl groups is 2. The number of aliphatic hydroxyl groups excluding tert-OH is 2. The molecular weight excluding hydrogens is 214 g/mol. The summed E-state index contributed by atoms with van der Waals surface area (Å²) < 4.78 is 0. The van der Waals surface area contributed by atoms with Gasteiger partial charge < -0.3 is 15.1 Å². The lowest BCUT2D eigenvalue weighted by Gasteiger charge is -2.20. The van der Waals surface area contributed by atoms with E-state index in [2.05, 4.69) is 0 Å². The topological polar surface area (TPSA) is 43.7 Å². The molecule has 0 aliphatic carbocycles. The molecule has 3 heteroatoms. The predicted octanol–water partition coefficient (Wildman–Crippen LogP) is 1.73. The van der Waals surface area contributed by atoms with E-state index in [1.807, 2.05) is 43.1 Å². The zero-order valence-electron chi connectivity index (χ0n) is 10.9. The smallest absolute Gasteiger partial charge is 0.0802 e. The second-order valence-electron chi connectivity index (χ2n) is 4.83. The third-order valence-electron chi connectivity index (χ3n) is 2.82. The van der Waals surface area contributed by atoms with E-state index in [0.717, 1.165) is 12.1 Å². The van der Waals surface area contributed by atoms with Gasteiger partial charge >= 0.3 is 0 Å². The van der Waals surface area contributed by atoms with E-state index in [4.69, 9.17) is 0 Å². The van der Waals surface area contributed by atoms with Crippen LogP contribution in [0.2, 0.25) is 0 Å². The largest absolute Gasteiger partial charge is 0.392 e. The molecule has 0 saturated heterocycles. The first-order chi connectivity index (χ1) is 7.99. The van der Waals surface area contributed by atoms with Gasteiger partial charge in [-0.2, -0.15) is 0 Å². The van der Waals surface area contributed by atoms with Crippen molar-refractivity contribution in [1.29, 1.82) is 0 Å². The Morgan fingerprint density at radius 3 is 2.29 bits per heavy atom. The molecule has 3 nitrogen and oxygen atoms in total. The third-order valence-corrected chi connectivity index (χ3v) is 2.82. The average Bonchev–Trinajstić information content (AvgIpc) is 2.26. The van der Waals surface area contributed by atoms with Crippen molar-refractivity contribution in [2.45, 2.75) is 32.5 Å². The van der Waals surface area contributed by atoms with Crippen molar-refractivity contribution in [3.63, 3.8) is 0 Å². The number of hydrogen-bond acceptors (Lipinski definition) is 3. The molecule has 0 bridgehead atoms. The second-order valence-corrected chi connectivity index (χ2v) is 4.83. The van der Waals surface area contributed by atoms with Gasteiger partial charge in [0.2, 0.25) is 0 Å². The molecule has 96 valence electrons. The van der Waals surface area contributed by atoms with Gasteiger partial charge in [0, 0.05) is 13.1 Å². The van der Waals surface area contributed by atoms with Gasteiger partial charge in [-0.1, -0.05) is 29.8 Å². The van der Waals surface area contributed by atoms with Crippen LogP contribution in [0.5, 0.6) is 0 Å². The number of nitrogens with zero attached hydrogens (tertiary/aromatic N) is 1. The molecule has 0 saturated carbocycles. The zero-order valence-corrected chi connectivity index (χ0v) is 10.9. The van der Waals surface area contributed by atoms with E-state index in [9.17, 15) is 10.2 Å². The Hall–Kier alpha value is -0.900. The molecule has 0 fully saturated rings. The van der Waals surface area contributed by atoms with Crippen molar-refractivity contribution in [2.75, 3.05) is 20.1 Å². The standard InChI is InChI=1S/C14H23NO2/c1-11-4-6-13(7-5-11)14(17)8-9-15(3)10-12(2)16/h4-7,12,14,16-17H,8-10H2,1-3H3. The Kier molecular flexibility index (Phi) is 5.62. The zero-order chi connectivity index (χ0) is 12.8. The fraction of sp³-hybridized carbons (Fsp3) is 0.571. The molecule has 0 radical (unpaired) electrons. The van der Waals surface area contributed by atoms with E-state index in [-0.39, 0.29) is 6.10 Å².